The van der Waals surface area contributed by atoms with Crippen molar-refractivity contribution in [1.29, 1.82) is 0 Å². The van der Waals surface area contributed by atoms with Crippen LogP contribution in [-0.4, -0.2) is 73.5 Å². The van der Waals surface area contributed by atoms with E-state index in [0.717, 1.165) is 51.5 Å². The zero-order chi connectivity index (χ0) is 15.8. The van der Waals surface area contributed by atoms with Crippen LogP contribution in [0.3, 0.4) is 0 Å². The van der Waals surface area contributed by atoms with Gasteiger partial charge in [0.1, 0.15) is 6.54 Å². The number of likely N-dealkylation sites (tertiary alicyclic amines) is 2. The smallest absolute Gasteiger partial charge is 0.244 e. The Morgan fingerprint density at radius 3 is 2.52 bits per heavy atom. The van der Waals surface area contributed by atoms with Gasteiger partial charge in [0.05, 0.1) is 0 Å². The summed E-state index contributed by atoms with van der Waals surface area (Å²) in [5.74, 6) is 0.906. The minimum Gasteiger partial charge on any atom is -0.357 e. The summed E-state index contributed by atoms with van der Waals surface area (Å²) in [5, 5.41) is 6.63. The number of rotatable bonds is 6. The Morgan fingerprint density at radius 2 is 1.87 bits per heavy atom. The van der Waals surface area contributed by atoms with E-state index in [2.05, 4.69) is 27.4 Å². The summed E-state index contributed by atoms with van der Waals surface area (Å²) in [6.07, 6.45) is 4.78. The molecule has 0 radical (unpaired) electrons. The third kappa shape index (κ3) is 6.45. The Kier molecular flexibility index (Phi) is 9.85. The third-order valence-electron chi connectivity index (χ3n) is 4.59. The highest BCUT2D eigenvalue weighted by atomic mass is 127. The summed E-state index contributed by atoms with van der Waals surface area (Å²) in [6, 6.07) is 0.586. The van der Waals surface area contributed by atoms with E-state index in [1.54, 1.807) is 0 Å². The second-order valence-corrected chi connectivity index (χ2v) is 6.09. The maximum absolute atomic E-state index is 12.1. The quantitative estimate of drug-likeness (QED) is 0.373. The lowest BCUT2D eigenvalue weighted by atomic mass is 10.2. The van der Waals surface area contributed by atoms with Crippen molar-refractivity contribution in [2.75, 3.05) is 45.8 Å². The van der Waals surface area contributed by atoms with Crippen molar-refractivity contribution >= 4 is 35.8 Å². The maximum Gasteiger partial charge on any atom is 0.244 e. The lowest BCUT2D eigenvalue weighted by molar-refractivity contribution is -0.128. The van der Waals surface area contributed by atoms with Crippen LogP contribution in [0.5, 0.6) is 0 Å². The van der Waals surface area contributed by atoms with Crippen LogP contribution in [0.4, 0.5) is 0 Å². The summed E-state index contributed by atoms with van der Waals surface area (Å²) >= 11 is 0. The molecule has 2 aliphatic rings. The first kappa shape index (κ1) is 20.5. The van der Waals surface area contributed by atoms with E-state index in [-0.39, 0.29) is 36.4 Å². The molecule has 0 aromatic rings. The van der Waals surface area contributed by atoms with Gasteiger partial charge in [0.2, 0.25) is 5.91 Å². The van der Waals surface area contributed by atoms with Gasteiger partial charge in [-0.3, -0.25) is 9.69 Å². The van der Waals surface area contributed by atoms with Crippen molar-refractivity contribution in [2.24, 2.45) is 4.99 Å². The van der Waals surface area contributed by atoms with Crippen molar-refractivity contribution in [3.05, 3.63) is 0 Å². The first-order valence-electron chi connectivity index (χ1n) is 8.78. The predicted molar refractivity (Wildman–Crippen MR) is 105 cm³/mol. The van der Waals surface area contributed by atoms with Crippen molar-refractivity contribution < 1.29 is 4.79 Å². The van der Waals surface area contributed by atoms with Crippen LogP contribution in [0, 0.1) is 0 Å². The number of guanidine groups is 1. The third-order valence-corrected chi connectivity index (χ3v) is 4.59. The number of carbonyl (C=O) groups excluding carboxylic acids is 1. The zero-order valence-electron chi connectivity index (χ0n) is 14.5. The summed E-state index contributed by atoms with van der Waals surface area (Å²) in [6.45, 7) is 10.3. The number of nitrogens with zero attached hydrogens (tertiary/aromatic N) is 3. The molecule has 0 bridgehead atoms. The minimum absolute atomic E-state index is 0. The lowest BCUT2D eigenvalue weighted by Crippen LogP contribution is -2.45. The summed E-state index contributed by atoms with van der Waals surface area (Å²) in [7, 11) is 0. The molecule has 0 spiro atoms. The molecule has 0 saturated carbocycles. The summed E-state index contributed by atoms with van der Waals surface area (Å²) in [4.78, 5) is 20.9. The van der Waals surface area contributed by atoms with Crippen LogP contribution in [0.25, 0.3) is 0 Å². The number of nitrogens with one attached hydrogen (secondary N) is 2. The number of amides is 1. The molecule has 2 fully saturated rings. The standard InChI is InChI=1S/C16H31N5O.HI/c1-3-17-16(18-12-14-8-7-11-20(14)4-2)19-13-15(22)21-9-5-6-10-21;/h14H,3-13H2,1-2H3,(H2,17,18,19);1H. The zero-order valence-corrected chi connectivity index (χ0v) is 16.8. The second kappa shape index (κ2) is 11.1. The van der Waals surface area contributed by atoms with Crippen LogP contribution in [0.15, 0.2) is 4.99 Å². The maximum atomic E-state index is 12.1. The van der Waals surface area contributed by atoms with Gasteiger partial charge >= 0.3 is 0 Å². The molecule has 2 heterocycles. The second-order valence-electron chi connectivity index (χ2n) is 6.09. The highest BCUT2D eigenvalue weighted by Gasteiger charge is 2.23. The van der Waals surface area contributed by atoms with E-state index in [9.17, 15) is 4.79 Å². The fourth-order valence-electron chi connectivity index (χ4n) is 3.31. The number of halogens is 1. The molecule has 0 aromatic carbocycles. The number of hydrogen-bond donors (Lipinski definition) is 2. The Hall–Kier alpha value is -0.570. The average molecular weight is 437 g/mol. The van der Waals surface area contributed by atoms with Crippen molar-refractivity contribution in [2.45, 2.75) is 45.6 Å². The fraction of sp³-hybridized carbons (Fsp3) is 0.875. The van der Waals surface area contributed by atoms with Crippen LogP contribution >= 0.6 is 24.0 Å². The molecule has 1 unspecified atom stereocenters. The van der Waals surface area contributed by atoms with Gasteiger partial charge in [0.15, 0.2) is 5.96 Å². The first-order chi connectivity index (χ1) is 10.7. The van der Waals surface area contributed by atoms with Crippen molar-refractivity contribution in [1.82, 2.24) is 20.4 Å². The minimum atomic E-state index is 0. The normalized spacial score (nSPS) is 22.1. The molecule has 6 nitrogen and oxygen atoms in total. The molecule has 1 amide bonds. The first-order valence-corrected chi connectivity index (χ1v) is 8.78. The molecule has 134 valence electrons. The van der Waals surface area contributed by atoms with Gasteiger partial charge in [0, 0.05) is 32.2 Å². The SMILES string of the molecule is CCNC(=NCC(=O)N1CCCC1)NCC1CCCN1CC.I. The van der Waals surface area contributed by atoms with Gasteiger partial charge in [-0.1, -0.05) is 6.92 Å². The lowest BCUT2D eigenvalue weighted by Gasteiger charge is -2.24. The van der Waals surface area contributed by atoms with Gasteiger partial charge in [-0.2, -0.15) is 0 Å². The van der Waals surface area contributed by atoms with Gasteiger partial charge in [-0.25, -0.2) is 4.99 Å². The fourth-order valence-corrected chi connectivity index (χ4v) is 3.31. The van der Waals surface area contributed by atoms with Crippen LogP contribution < -0.4 is 10.6 Å². The molecular formula is C16H32IN5O. The Bertz CT molecular complexity index is 385. The summed E-state index contributed by atoms with van der Waals surface area (Å²) < 4.78 is 0. The average Bonchev–Trinajstić information content (AvgIpc) is 3.20. The summed E-state index contributed by atoms with van der Waals surface area (Å²) in [5.41, 5.74) is 0. The molecule has 2 aliphatic heterocycles. The number of carbonyl (C=O) groups is 1. The van der Waals surface area contributed by atoms with E-state index < -0.39 is 0 Å². The Labute approximate surface area is 157 Å². The highest BCUT2D eigenvalue weighted by molar-refractivity contribution is 14.0. The van der Waals surface area contributed by atoms with Crippen LogP contribution in [0.1, 0.15) is 39.5 Å². The van der Waals surface area contributed by atoms with Crippen LogP contribution in [-0.2, 0) is 4.79 Å². The van der Waals surface area contributed by atoms with Gasteiger partial charge in [-0.05, 0) is 45.7 Å². The van der Waals surface area contributed by atoms with E-state index in [1.807, 2.05) is 11.8 Å². The number of hydrogen-bond acceptors (Lipinski definition) is 3. The van der Waals surface area contributed by atoms with E-state index in [1.165, 1.54) is 19.4 Å². The number of aliphatic imine (C=N–C) groups is 1. The predicted octanol–water partition coefficient (Wildman–Crippen LogP) is 1.27. The molecule has 0 aliphatic carbocycles. The molecule has 0 aromatic heterocycles. The largest absolute Gasteiger partial charge is 0.357 e. The van der Waals surface area contributed by atoms with Crippen molar-refractivity contribution in [3.8, 4) is 0 Å². The van der Waals surface area contributed by atoms with E-state index >= 15 is 0 Å². The molecule has 2 rings (SSSR count). The molecule has 2 saturated heterocycles. The molecule has 7 heteroatoms. The Balaban J connectivity index is 0.00000264. The van der Waals surface area contributed by atoms with Crippen molar-refractivity contribution in [3.63, 3.8) is 0 Å². The molecule has 23 heavy (non-hydrogen) atoms. The Morgan fingerprint density at radius 1 is 1.13 bits per heavy atom. The molecule has 2 N–H and O–H groups in total. The number of likely N-dealkylation sites (N-methyl/N-ethyl adjacent to an activating group) is 1. The van der Waals surface area contributed by atoms with E-state index in [0.29, 0.717) is 6.04 Å². The monoisotopic (exact) mass is 437 g/mol. The molecular weight excluding hydrogens is 405 g/mol. The molecule has 1 atom stereocenters. The van der Waals surface area contributed by atoms with Gasteiger partial charge < -0.3 is 15.5 Å². The topological polar surface area (TPSA) is 60.0 Å². The highest BCUT2D eigenvalue weighted by Crippen LogP contribution is 2.15. The van der Waals surface area contributed by atoms with Crippen LogP contribution in [0.2, 0.25) is 0 Å². The van der Waals surface area contributed by atoms with Gasteiger partial charge in [-0.15, -0.1) is 24.0 Å². The van der Waals surface area contributed by atoms with E-state index in [4.69, 9.17) is 0 Å². The van der Waals surface area contributed by atoms with Gasteiger partial charge in [0.25, 0.3) is 0 Å².